The van der Waals surface area contributed by atoms with Gasteiger partial charge in [-0.05, 0) is 37.0 Å². The van der Waals surface area contributed by atoms with Crippen LogP contribution in [0.4, 0.5) is 5.69 Å². The van der Waals surface area contributed by atoms with Crippen LogP contribution in [0, 0.1) is 5.92 Å². The van der Waals surface area contributed by atoms with E-state index >= 15 is 0 Å². The molecule has 0 unspecified atom stereocenters. The number of rotatable bonds is 7. The number of benzene rings is 1. The molecule has 0 radical (unpaired) electrons. The zero-order valence-corrected chi connectivity index (χ0v) is 15.0. The van der Waals surface area contributed by atoms with Crippen LogP contribution >= 0.6 is 0 Å². The van der Waals surface area contributed by atoms with Crippen molar-refractivity contribution in [3.05, 3.63) is 23.8 Å². The summed E-state index contributed by atoms with van der Waals surface area (Å²) in [5.74, 6) is -0.958. The first-order valence-electron chi connectivity index (χ1n) is 8.43. The predicted molar refractivity (Wildman–Crippen MR) is 93.9 cm³/mol. The van der Waals surface area contributed by atoms with Crippen molar-refractivity contribution in [3.8, 4) is 0 Å². The summed E-state index contributed by atoms with van der Waals surface area (Å²) in [4.78, 5) is 11.5. The van der Waals surface area contributed by atoms with Crippen LogP contribution in [-0.4, -0.2) is 32.1 Å². The quantitative estimate of drug-likeness (QED) is 0.699. The molecule has 2 rings (SSSR count). The summed E-state index contributed by atoms with van der Waals surface area (Å²) >= 11 is 0. The van der Waals surface area contributed by atoms with Crippen molar-refractivity contribution in [2.75, 3.05) is 11.9 Å². The molecule has 1 fully saturated rings. The van der Waals surface area contributed by atoms with Gasteiger partial charge in [-0.15, -0.1) is 0 Å². The minimum Gasteiger partial charge on any atom is -0.478 e. The molecular weight excluding hydrogens is 328 g/mol. The molecule has 0 aromatic heterocycles. The summed E-state index contributed by atoms with van der Waals surface area (Å²) in [5.41, 5.74) is 0.477. The molecule has 0 bridgehead atoms. The Hall–Kier alpha value is -1.60. The summed E-state index contributed by atoms with van der Waals surface area (Å²) in [6.07, 6.45) is 5.49. The maximum Gasteiger partial charge on any atom is 0.337 e. The first-order valence-corrected chi connectivity index (χ1v) is 9.91. The molecule has 0 amide bonds. The van der Waals surface area contributed by atoms with Crippen molar-refractivity contribution in [1.29, 1.82) is 0 Å². The number of carboxylic acids is 1. The van der Waals surface area contributed by atoms with E-state index in [2.05, 4.69) is 10.0 Å². The van der Waals surface area contributed by atoms with E-state index in [0.29, 0.717) is 12.2 Å². The lowest BCUT2D eigenvalue weighted by molar-refractivity contribution is 0.0697. The summed E-state index contributed by atoms with van der Waals surface area (Å²) < 4.78 is 27.1. The Bertz CT molecular complexity index is 680. The number of anilines is 1. The topological polar surface area (TPSA) is 95.5 Å². The Morgan fingerprint density at radius 2 is 1.92 bits per heavy atom. The molecule has 1 aliphatic rings. The molecule has 1 aromatic carbocycles. The molecule has 0 aliphatic heterocycles. The largest absolute Gasteiger partial charge is 0.478 e. The number of carboxylic acid groups (broad SMARTS) is 1. The third kappa shape index (κ3) is 4.95. The van der Waals surface area contributed by atoms with Gasteiger partial charge in [-0.2, -0.15) is 0 Å². The summed E-state index contributed by atoms with van der Waals surface area (Å²) in [5, 5.41) is 12.7. The highest BCUT2D eigenvalue weighted by molar-refractivity contribution is 7.89. The Morgan fingerprint density at radius 1 is 1.25 bits per heavy atom. The predicted octanol–water partition coefficient (Wildman–Crippen LogP) is 3.06. The molecule has 6 nitrogen and oxygen atoms in total. The Morgan fingerprint density at radius 3 is 2.50 bits per heavy atom. The van der Waals surface area contributed by atoms with E-state index in [1.807, 2.05) is 13.8 Å². The molecule has 7 heteroatoms. The highest BCUT2D eigenvalue weighted by Crippen LogP contribution is 2.26. The van der Waals surface area contributed by atoms with Crippen LogP contribution in [0.1, 0.15) is 56.3 Å². The number of sulfonamides is 1. The fourth-order valence-electron chi connectivity index (χ4n) is 2.82. The van der Waals surface area contributed by atoms with E-state index < -0.39 is 16.0 Å². The van der Waals surface area contributed by atoms with Crippen molar-refractivity contribution in [1.82, 2.24) is 4.72 Å². The van der Waals surface area contributed by atoms with Gasteiger partial charge in [0.2, 0.25) is 10.0 Å². The molecule has 0 spiro atoms. The van der Waals surface area contributed by atoms with E-state index in [1.54, 1.807) is 6.07 Å². The van der Waals surface area contributed by atoms with Gasteiger partial charge in [-0.25, -0.2) is 17.9 Å². The van der Waals surface area contributed by atoms with Crippen molar-refractivity contribution in [2.45, 2.75) is 56.9 Å². The summed E-state index contributed by atoms with van der Waals surface area (Å²) in [6, 6.07) is 4.50. The summed E-state index contributed by atoms with van der Waals surface area (Å²) in [6.45, 7) is 4.12. The van der Waals surface area contributed by atoms with E-state index in [-0.39, 0.29) is 22.4 Å². The second kappa shape index (κ2) is 7.98. The number of aromatic carboxylic acids is 1. The zero-order chi connectivity index (χ0) is 17.7. The van der Waals surface area contributed by atoms with E-state index in [0.717, 1.165) is 25.7 Å². The average molecular weight is 354 g/mol. The highest BCUT2D eigenvalue weighted by Gasteiger charge is 2.21. The average Bonchev–Trinajstić information content (AvgIpc) is 2.54. The lowest BCUT2D eigenvalue weighted by Gasteiger charge is -2.24. The normalized spacial score (nSPS) is 16.3. The van der Waals surface area contributed by atoms with Crippen LogP contribution < -0.4 is 10.0 Å². The first-order chi connectivity index (χ1) is 11.3. The van der Waals surface area contributed by atoms with Gasteiger partial charge in [-0.3, -0.25) is 0 Å². The number of nitrogens with one attached hydrogen (secondary N) is 2. The third-order valence-corrected chi connectivity index (χ3v) is 5.60. The standard InChI is InChI=1S/C17H26N2O4S/c1-12(2)11-18-24(22,23)14-8-9-16(15(10-14)17(20)21)19-13-6-4-3-5-7-13/h8-10,12-13,18-19H,3-7,11H2,1-2H3,(H,20,21). The molecule has 3 N–H and O–H groups in total. The Balaban J connectivity index is 2.24. The summed E-state index contributed by atoms with van der Waals surface area (Å²) in [7, 11) is -3.70. The maximum absolute atomic E-state index is 12.3. The number of hydrogen-bond donors (Lipinski definition) is 3. The molecule has 134 valence electrons. The zero-order valence-electron chi connectivity index (χ0n) is 14.2. The van der Waals surface area contributed by atoms with Crippen LogP contribution in [0.25, 0.3) is 0 Å². The molecule has 0 saturated heterocycles. The van der Waals surface area contributed by atoms with E-state index in [4.69, 9.17) is 0 Å². The molecule has 1 aromatic rings. The van der Waals surface area contributed by atoms with Crippen LogP contribution in [0.3, 0.4) is 0 Å². The van der Waals surface area contributed by atoms with Gasteiger partial charge in [0.25, 0.3) is 0 Å². The monoisotopic (exact) mass is 354 g/mol. The van der Waals surface area contributed by atoms with Gasteiger partial charge in [0.1, 0.15) is 0 Å². The Kier molecular flexibility index (Phi) is 6.23. The van der Waals surface area contributed by atoms with Crippen LogP contribution in [0.5, 0.6) is 0 Å². The highest BCUT2D eigenvalue weighted by atomic mass is 32.2. The first kappa shape index (κ1) is 18.7. The van der Waals surface area contributed by atoms with Gasteiger partial charge in [0.05, 0.1) is 10.5 Å². The molecule has 1 aliphatic carbocycles. The van der Waals surface area contributed by atoms with Gasteiger partial charge < -0.3 is 10.4 Å². The fourth-order valence-corrected chi connectivity index (χ4v) is 4.06. The minimum absolute atomic E-state index is 0.00649. The lowest BCUT2D eigenvalue weighted by Crippen LogP contribution is -2.28. The molecule has 0 atom stereocenters. The van der Waals surface area contributed by atoms with Crippen LogP contribution in [0.15, 0.2) is 23.1 Å². The van der Waals surface area contributed by atoms with Gasteiger partial charge in [0, 0.05) is 18.3 Å². The van der Waals surface area contributed by atoms with Gasteiger partial charge >= 0.3 is 5.97 Å². The van der Waals surface area contributed by atoms with Crippen molar-refractivity contribution >= 4 is 21.7 Å². The molecule has 0 heterocycles. The lowest BCUT2D eigenvalue weighted by atomic mass is 9.95. The fraction of sp³-hybridized carbons (Fsp3) is 0.588. The maximum atomic E-state index is 12.3. The third-order valence-electron chi connectivity index (χ3n) is 4.18. The second-order valence-electron chi connectivity index (χ2n) is 6.74. The number of carbonyl (C=O) groups is 1. The van der Waals surface area contributed by atoms with E-state index in [9.17, 15) is 18.3 Å². The van der Waals surface area contributed by atoms with Crippen molar-refractivity contribution in [2.24, 2.45) is 5.92 Å². The number of hydrogen-bond acceptors (Lipinski definition) is 4. The second-order valence-corrected chi connectivity index (χ2v) is 8.50. The Labute approximate surface area is 143 Å². The minimum atomic E-state index is -3.70. The molecule has 1 saturated carbocycles. The SMILES string of the molecule is CC(C)CNS(=O)(=O)c1ccc(NC2CCCCC2)c(C(=O)O)c1. The van der Waals surface area contributed by atoms with Gasteiger partial charge in [-0.1, -0.05) is 33.1 Å². The van der Waals surface area contributed by atoms with E-state index in [1.165, 1.54) is 18.6 Å². The van der Waals surface area contributed by atoms with Crippen molar-refractivity contribution in [3.63, 3.8) is 0 Å². The van der Waals surface area contributed by atoms with Gasteiger partial charge in [0.15, 0.2) is 0 Å². The van der Waals surface area contributed by atoms with Crippen molar-refractivity contribution < 1.29 is 18.3 Å². The van der Waals surface area contributed by atoms with Crippen LogP contribution in [-0.2, 0) is 10.0 Å². The molecule has 24 heavy (non-hydrogen) atoms. The smallest absolute Gasteiger partial charge is 0.337 e. The van der Waals surface area contributed by atoms with Crippen LogP contribution in [0.2, 0.25) is 0 Å². The molecular formula is C17H26N2O4S.